The fraction of sp³-hybridized carbons (Fsp3) is 1.00. The van der Waals surface area contributed by atoms with Crippen molar-refractivity contribution < 1.29 is 0 Å². The van der Waals surface area contributed by atoms with Crippen molar-refractivity contribution in [2.45, 2.75) is 187 Å². The zero-order chi connectivity index (χ0) is 27.1. The topological polar surface area (TPSA) is 0 Å². The van der Waals surface area contributed by atoms with Crippen molar-refractivity contribution in [1.82, 2.24) is 0 Å². The molecule has 7 atom stereocenters. The summed E-state index contributed by atoms with van der Waals surface area (Å²) in [5.41, 5.74) is 0. The van der Waals surface area contributed by atoms with Crippen molar-refractivity contribution >= 4 is 0 Å². The molecule has 0 aromatic carbocycles. The smallest absolute Gasteiger partial charge is 0.0323 e. The van der Waals surface area contributed by atoms with Gasteiger partial charge in [0.1, 0.15) is 0 Å². The Morgan fingerprint density at radius 1 is 0.450 bits per heavy atom. The Kier molecular flexibility index (Phi) is 11.4. The quantitative estimate of drug-likeness (QED) is 0.237. The lowest BCUT2D eigenvalue weighted by atomic mass is 9.45. The van der Waals surface area contributed by atoms with E-state index in [9.17, 15) is 0 Å². The molecule has 5 unspecified atom stereocenters. The molecule has 0 aliphatic heterocycles. The summed E-state index contributed by atoms with van der Waals surface area (Å²) in [5, 5.41) is 0. The third-order valence-corrected chi connectivity index (χ3v) is 14.8. The standard InChI is InChI=1S/C40H70/c1-2-15-33(21-10-9-18-30-16-5-3-6-17-30)39-35-22-11-13-24-37(35)40(38-25-14-12-23-36(38)39)34-28-26-32(27-29-34)31-19-7-4-8-20-31/h30-40H,2-29H2,1H3/t32?,33-,34?,35?,36?,37+,38?,39?,40?/m0/s1. The Morgan fingerprint density at radius 3 is 1.55 bits per heavy atom. The van der Waals surface area contributed by atoms with Gasteiger partial charge in [-0.2, -0.15) is 0 Å². The van der Waals surface area contributed by atoms with Crippen molar-refractivity contribution in [3.05, 3.63) is 0 Å². The molecule has 0 amide bonds. The first-order valence-corrected chi connectivity index (χ1v) is 19.8. The van der Waals surface area contributed by atoms with Crippen LogP contribution in [-0.4, -0.2) is 0 Å². The van der Waals surface area contributed by atoms with E-state index in [4.69, 9.17) is 0 Å². The van der Waals surface area contributed by atoms with Crippen molar-refractivity contribution in [1.29, 1.82) is 0 Å². The van der Waals surface area contributed by atoms with E-state index >= 15 is 0 Å². The Bertz CT molecular complexity index is 680. The van der Waals surface area contributed by atoms with Crippen LogP contribution >= 0.6 is 0 Å². The number of fused-ring (bicyclic) bond motifs is 2. The maximum atomic E-state index is 2.52. The van der Waals surface area contributed by atoms with Gasteiger partial charge in [0.05, 0.1) is 0 Å². The molecule has 0 nitrogen and oxygen atoms in total. The van der Waals surface area contributed by atoms with Crippen LogP contribution in [0.2, 0.25) is 0 Å². The molecular weight excluding hydrogens is 480 g/mol. The highest BCUT2D eigenvalue weighted by atomic mass is 14.6. The Labute approximate surface area is 251 Å². The van der Waals surface area contributed by atoms with Gasteiger partial charge in [-0.05, 0) is 116 Å². The molecule has 0 aromatic heterocycles. The molecule has 6 rings (SSSR count). The van der Waals surface area contributed by atoms with Gasteiger partial charge in [0.15, 0.2) is 0 Å². The minimum absolute atomic E-state index is 1.07. The Balaban J connectivity index is 1.13. The Morgan fingerprint density at radius 2 is 0.950 bits per heavy atom. The van der Waals surface area contributed by atoms with Gasteiger partial charge in [-0.3, -0.25) is 0 Å². The van der Waals surface area contributed by atoms with Gasteiger partial charge in [0, 0.05) is 0 Å². The highest BCUT2D eigenvalue weighted by molar-refractivity contribution is 5.03. The van der Waals surface area contributed by atoms with Gasteiger partial charge < -0.3 is 0 Å². The second-order valence-corrected chi connectivity index (χ2v) is 16.8. The maximum absolute atomic E-state index is 2.52. The molecule has 0 heteroatoms. The van der Waals surface area contributed by atoms with Gasteiger partial charge >= 0.3 is 0 Å². The van der Waals surface area contributed by atoms with E-state index in [1.54, 1.807) is 148 Å². The van der Waals surface area contributed by atoms with E-state index in [-0.39, 0.29) is 0 Å². The molecule has 0 spiro atoms. The zero-order valence-electron chi connectivity index (χ0n) is 27.1. The van der Waals surface area contributed by atoms with Crippen LogP contribution in [0, 0.1) is 65.1 Å². The minimum Gasteiger partial charge on any atom is -0.0654 e. The van der Waals surface area contributed by atoms with E-state index in [0.29, 0.717) is 0 Å². The molecule has 0 aromatic rings. The molecule has 0 heterocycles. The highest BCUT2D eigenvalue weighted by Gasteiger charge is 2.54. The van der Waals surface area contributed by atoms with Gasteiger partial charge in [-0.25, -0.2) is 0 Å². The third-order valence-electron chi connectivity index (χ3n) is 14.8. The molecule has 0 N–H and O–H groups in total. The van der Waals surface area contributed by atoms with Gasteiger partial charge in [0.25, 0.3) is 0 Å². The fourth-order valence-corrected chi connectivity index (χ4v) is 13.1. The van der Waals surface area contributed by atoms with Crippen LogP contribution in [0.3, 0.4) is 0 Å². The molecule has 6 aliphatic carbocycles. The summed E-state index contributed by atoms with van der Waals surface area (Å²) >= 11 is 0. The van der Waals surface area contributed by atoms with E-state index in [2.05, 4.69) is 6.92 Å². The fourth-order valence-electron chi connectivity index (χ4n) is 13.1. The lowest BCUT2D eigenvalue weighted by molar-refractivity contribution is -0.112. The summed E-state index contributed by atoms with van der Waals surface area (Å²) in [5.74, 6) is 12.2. The van der Waals surface area contributed by atoms with E-state index in [1.807, 2.05) is 0 Å². The van der Waals surface area contributed by atoms with Gasteiger partial charge in [-0.1, -0.05) is 135 Å². The van der Waals surface area contributed by atoms with Crippen LogP contribution in [0.1, 0.15) is 187 Å². The summed E-state index contributed by atoms with van der Waals surface area (Å²) in [6.45, 7) is 2.52. The second-order valence-electron chi connectivity index (χ2n) is 16.8. The monoisotopic (exact) mass is 551 g/mol. The van der Waals surface area contributed by atoms with Crippen molar-refractivity contribution in [2.75, 3.05) is 0 Å². The lowest BCUT2D eigenvalue weighted by Crippen LogP contribution is -2.53. The van der Waals surface area contributed by atoms with Crippen LogP contribution < -0.4 is 0 Å². The molecule has 0 radical (unpaired) electrons. The Hall–Kier alpha value is 0. The molecule has 40 heavy (non-hydrogen) atoms. The average Bonchev–Trinajstić information content (AvgIpc) is 3.02. The predicted molar refractivity (Wildman–Crippen MR) is 173 cm³/mol. The normalized spacial score (nSPS) is 40.7. The average molecular weight is 551 g/mol. The molecular formula is C40H70. The number of hydrogen-bond acceptors (Lipinski definition) is 0. The van der Waals surface area contributed by atoms with Crippen molar-refractivity contribution in [3.63, 3.8) is 0 Å². The van der Waals surface area contributed by atoms with Crippen LogP contribution in [0.25, 0.3) is 0 Å². The molecule has 0 saturated heterocycles. The number of unbranched alkanes of at least 4 members (excludes halogenated alkanes) is 1. The van der Waals surface area contributed by atoms with E-state index < -0.39 is 0 Å². The first-order chi connectivity index (χ1) is 19.8. The van der Waals surface area contributed by atoms with Crippen molar-refractivity contribution in [2.24, 2.45) is 65.1 Å². The maximum Gasteiger partial charge on any atom is -0.0323 e. The molecule has 230 valence electrons. The third kappa shape index (κ3) is 7.03. The summed E-state index contributed by atoms with van der Waals surface area (Å²) in [6.07, 6.45) is 43.9. The second kappa shape index (κ2) is 15.1. The molecule has 6 aliphatic rings. The van der Waals surface area contributed by atoms with Crippen LogP contribution in [0.15, 0.2) is 0 Å². The first kappa shape index (κ1) is 30.0. The zero-order valence-corrected chi connectivity index (χ0v) is 27.1. The predicted octanol–water partition coefficient (Wildman–Crippen LogP) is 12.8. The number of hydrogen-bond donors (Lipinski definition) is 0. The lowest BCUT2D eigenvalue weighted by Gasteiger charge is -2.60. The van der Waals surface area contributed by atoms with Crippen LogP contribution in [0.4, 0.5) is 0 Å². The SMILES string of the molecule is CCC[C@@H](CCCCC1CCCCC1)C1C2CCCCC2C(C2CCC(C3CCCCC3)CC2)[C@@H]2CCCCC12. The summed E-state index contributed by atoms with van der Waals surface area (Å²) in [6, 6.07) is 0. The molecule has 0 bridgehead atoms. The summed E-state index contributed by atoms with van der Waals surface area (Å²) in [4.78, 5) is 0. The van der Waals surface area contributed by atoms with E-state index in [1.165, 1.54) is 32.1 Å². The van der Waals surface area contributed by atoms with E-state index in [0.717, 1.165) is 65.1 Å². The first-order valence-electron chi connectivity index (χ1n) is 19.8. The minimum atomic E-state index is 1.07. The number of rotatable bonds is 10. The molecule has 6 fully saturated rings. The van der Waals surface area contributed by atoms with Gasteiger partial charge in [-0.15, -0.1) is 0 Å². The summed E-state index contributed by atoms with van der Waals surface area (Å²) in [7, 11) is 0. The van der Waals surface area contributed by atoms with Crippen molar-refractivity contribution in [3.8, 4) is 0 Å². The van der Waals surface area contributed by atoms with Crippen LogP contribution in [-0.2, 0) is 0 Å². The summed E-state index contributed by atoms with van der Waals surface area (Å²) < 4.78 is 0. The highest BCUT2D eigenvalue weighted by Crippen LogP contribution is 2.62. The largest absolute Gasteiger partial charge is 0.0654 e. The van der Waals surface area contributed by atoms with Crippen LogP contribution in [0.5, 0.6) is 0 Å². The van der Waals surface area contributed by atoms with Gasteiger partial charge in [0.2, 0.25) is 0 Å². The molecule has 6 saturated carbocycles.